The lowest BCUT2D eigenvalue weighted by atomic mass is 10.2. The molecule has 0 aromatic heterocycles. The molecule has 0 saturated carbocycles. The molecule has 0 aromatic carbocycles. The van der Waals surface area contributed by atoms with E-state index in [4.69, 9.17) is 9.84 Å². The Morgan fingerprint density at radius 2 is 2.28 bits per heavy atom. The van der Waals surface area contributed by atoms with Crippen molar-refractivity contribution >= 4 is 17.8 Å². The zero-order valence-electron chi connectivity index (χ0n) is 10.1. The smallest absolute Gasteiger partial charge is 0.323 e. The molecular weight excluding hydrogens is 242 g/mol. The standard InChI is InChI=1S/C10H17N3O5/c1-18-3-2-13(6-9(15)16)10(17)7-4-12-8(14)5-11-7/h7,11H,2-6H2,1H3,(H,12,14)(H,15,16). The van der Waals surface area contributed by atoms with E-state index >= 15 is 0 Å². The third kappa shape index (κ3) is 4.30. The maximum atomic E-state index is 12.0. The summed E-state index contributed by atoms with van der Waals surface area (Å²) in [6.07, 6.45) is 0. The van der Waals surface area contributed by atoms with Gasteiger partial charge in [-0.05, 0) is 0 Å². The Kier molecular flexibility index (Phi) is 5.53. The first kappa shape index (κ1) is 14.4. The van der Waals surface area contributed by atoms with Crippen LogP contribution < -0.4 is 10.6 Å². The van der Waals surface area contributed by atoms with E-state index in [1.54, 1.807) is 0 Å². The molecule has 0 spiro atoms. The highest BCUT2D eigenvalue weighted by Crippen LogP contribution is 1.98. The fourth-order valence-corrected chi connectivity index (χ4v) is 1.59. The largest absolute Gasteiger partial charge is 0.480 e. The molecule has 0 aromatic rings. The summed E-state index contributed by atoms with van der Waals surface area (Å²) in [7, 11) is 1.47. The molecule has 8 nitrogen and oxygen atoms in total. The minimum absolute atomic E-state index is 0.0571. The lowest BCUT2D eigenvalue weighted by molar-refractivity contribution is -0.146. The molecular formula is C10H17N3O5. The van der Waals surface area contributed by atoms with Crippen LogP contribution in [0.2, 0.25) is 0 Å². The highest BCUT2D eigenvalue weighted by atomic mass is 16.5. The Morgan fingerprint density at radius 3 is 2.78 bits per heavy atom. The van der Waals surface area contributed by atoms with Gasteiger partial charge in [0.2, 0.25) is 11.8 Å². The van der Waals surface area contributed by atoms with E-state index in [2.05, 4.69) is 10.6 Å². The van der Waals surface area contributed by atoms with Gasteiger partial charge >= 0.3 is 5.97 Å². The lowest BCUT2D eigenvalue weighted by Crippen LogP contribution is -2.59. The summed E-state index contributed by atoms with van der Waals surface area (Å²) in [5.41, 5.74) is 0. The number of carboxylic acid groups (broad SMARTS) is 1. The molecule has 0 aliphatic carbocycles. The van der Waals surface area contributed by atoms with Crippen LogP contribution in [0.3, 0.4) is 0 Å². The summed E-state index contributed by atoms with van der Waals surface area (Å²) in [5, 5.41) is 14.1. The first-order valence-electron chi connectivity index (χ1n) is 5.54. The van der Waals surface area contributed by atoms with Crippen molar-refractivity contribution in [3.8, 4) is 0 Å². The van der Waals surface area contributed by atoms with E-state index in [1.807, 2.05) is 0 Å². The molecule has 8 heteroatoms. The monoisotopic (exact) mass is 259 g/mol. The summed E-state index contributed by atoms with van der Waals surface area (Å²) in [6.45, 7) is 0.308. The average molecular weight is 259 g/mol. The van der Waals surface area contributed by atoms with Crippen molar-refractivity contribution in [1.82, 2.24) is 15.5 Å². The quantitative estimate of drug-likeness (QED) is 0.492. The van der Waals surface area contributed by atoms with Crippen LogP contribution in [-0.2, 0) is 19.1 Å². The number of aliphatic carboxylic acids is 1. The Morgan fingerprint density at radius 1 is 1.56 bits per heavy atom. The number of hydrogen-bond donors (Lipinski definition) is 3. The first-order valence-corrected chi connectivity index (χ1v) is 5.54. The molecule has 1 saturated heterocycles. The van der Waals surface area contributed by atoms with Gasteiger partial charge in [0.1, 0.15) is 12.6 Å². The number of rotatable bonds is 6. The second-order valence-corrected chi connectivity index (χ2v) is 3.88. The van der Waals surface area contributed by atoms with Crippen molar-refractivity contribution in [3.63, 3.8) is 0 Å². The molecule has 2 amide bonds. The number of ether oxygens (including phenoxy) is 1. The number of piperazine rings is 1. The van der Waals surface area contributed by atoms with E-state index in [1.165, 1.54) is 12.0 Å². The normalized spacial score (nSPS) is 19.2. The average Bonchev–Trinajstić information content (AvgIpc) is 2.34. The maximum absolute atomic E-state index is 12.0. The zero-order chi connectivity index (χ0) is 13.5. The third-order valence-electron chi connectivity index (χ3n) is 2.51. The van der Waals surface area contributed by atoms with Crippen molar-refractivity contribution in [2.75, 3.05) is 39.9 Å². The number of carbonyl (C=O) groups excluding carboxylic acids is 2. The Bertz CT molecular complexity index is 323. The molecule has 1 rings (SSSR count). The Hall–Kier alpha value is -1.67. The molecule has 1 aliphatic heterocycles. The van der Waals surface area contributed by atoms with Crippen LogP contribution in [0.1, 0.15) is 0 Å². The summed E-state index contributed by atoms with van der Waals surface area (Å²) >= 11 is 0. The van der Waals surface area contributed by atoms with E-state index in [0.717, 1.165) is 0 Å². The molecule has 1 heterocycles. The topological polar surface area (TPSA) is 108 Å². The van der Waals surface area contributed by atoms with Gasteiger partial charge in [0.05, 0.1) is 13.2 Å². The minimum atomic E-state index is -1.08. The predicted octanol–water partition coefficient (Wildman–Crippen LogP) is -2.37. The number of carboxylic acids is 1. The summed E-state index contributed by atoms with van der Waals surface area (Å²) in [5.74, 6) is -1.62. The number of amides is 2. The molecule has 1 fully saturated rings. The second kappa shape index (κ2) is 6.92. The van der Waals surface area contributed by atoms with Crippen LogP contribution in [0.4, 0.5) is 0 Å². The van der Waals surface area contributed by atoms with Gasteiger partial charge < -0.3 is 20.1 Å². The summed E-state index contributed by atoms with van der Waals surface area (Å²) in [6, 6.07) is -0.584. The Labute approximate surface area is 104 Å². The van der Waals surface area contributed by atoms with Crippen molar-refractivity contribution in [2.45, 2.75) is 6.04 Å². The molecule has 18 heavy (non-hydrogen) atoms. The molecule has 1 atom stereocenters. The van der Waals surface area contributed by atoms with Gasteiger partial charge in [0.25, 0.3) is 0 Å². The van der Waals surface area contributed by atoms with Gasteiger partial charge in [-0.1, -0.05) is 0 Å². The summed E-state index contributed by atoms with van der Waals surface area (Å²) < 4.78 is 4.83. The molecule has 0 bridgehead atoms. The number of carbonyl (C=O) groups is 3. The second-order valence-electron chi connectivity index (χ2n) is 3.88. The van der Waals surface area contributed by atoms with Crippen LogP contribution >= 0.6 is 0 Å². The molecule has 102 valence electrons. The maximum Gasteiger partial charge on any atom is 0.323 e. The fraction of sp³-hybridized carbons (Fsp3) is 0.700. The lowest BCUT2D eigenvalue weighted by Gasteiger charge is -2.29. The Balaban J connectivity index is 2.56. The van der Waals surface area contributed by atoms with Crippen LogP contribution in [0.5, 0.6) is 0 Å². The fourth-order valence-electron chi connectivity index (χ4n) is 1.59. The SMILES string of the molecule is COCCN(CC(=O)O)C(=O)C1CNC(=O)CN1. The molecule has 0 radical (unpaired) electrons. The predicted molar refractivity (Wildman–Crippen MR) is 60.9 cm³/mol. The van der Waals surface area contributed by atoms with Gasteiger partial charge in [0.15, 0.2) is 0 Å². The van der Waals surface area contributed by atoms with Gasteiger partial charge in [0, 0.05) is 20.2 Å². The van der Waals surface area contributed by atoms with E-state index < -0.39 is 12.0 Å². The molecule has 1 unspecified atom stereocenters. The number of hydrogen-bond acceptors (Lipinski definition) is 5. The summed E-state index contributed by atoms with van der Waals surface area (Å²) in [4.78, 5) is 34.9. The third-order valence-corrected chi connectivity index (χ3v) is 2.51. The van der Waals surface area contributed by atoms with Crippen molar-refractivity contribution < 1.29 is 24.2 Å². The molecule has 3 N–H and O–H groups in total. The van der Waals surface area contributed by atoms with E-state index in [0.29, 0.717) is 0 Å². The minimum Gasteiger partial charge on any atom is -0.480 e. The van der Waals surface area contributed by atoms with Crippen molar-refractivity contribution in [2.24, 2.45) is 0 Å². The zero-order valence-corrected chi connectivity index (χ0v) is 10.1. The highest BCUT2D eigenvalue weighted by Gasteiger charge is 2.28. The van der Waals surface area contributed by atoms with Gasteiger partial charge in [-0.15, -0.1) is 0 Å². The number of nitrogens with one attached hydrogen (secondary N) is 2. The number of methoxy groups -OCH3 is 1. The highest BCUT2D eigenvalue weighted by molar-refractivity contribution is 5.88. The molecule has 1 aliphatic rings. The van der Waals surface area contributed by atoms with E-state index in [9.17, 15) is 14.4 Å². The van der Waals surface area contributed by atoms with Crippen LogP contribution in [0, 0.1) is 0 Å². The van der Waals surface area contributed by atoms with Gasteiger partial charge in [-0.3, -0.25) is 19.7 Å². The van der Waals surface area contributed by atoms with Crippen LogP contribution in [-0.4, -0.2) is 73.7 Å². The van der Waals surface area contributed by atoms with Crippen molar-refractivity contribution in [1.29, 1.82) is 0 Å². The van der Waals surface area contributed by atoms with Crippen LogP contribution in [0.25, 0.3) is 0 Å². The van der Waals surface area contributed by atoms with Gasteiger partial charge in [-0.25, -0.2) is 0 Å². The van der Waals surface area contributed by atoms with Crippen molar-refractivity contribution in [3.05, 3.63) is 0 Å². The van der Waals surface area contributed by atoms with E-state index in [-0.39, 0.29) is 44.6 Å². The first-order chi connectivity index (χ1) is 8.54. The number of nitrogens with zero attached hydrogens (tertiary/aromatic N) is 1. The van der Waals surface area contributed by atoms with Gasteiger partial charge in [-0.2, -0.15) is 0 Å². The van der Waals surface area contributed by atoms with Crippen LogP contribution in [0.15, 0.2) is 0 Å².